The molecule has 0 spiro atoms. The van der Waals surface area contributed by atoms with E-state index < -0.39 is 0 Å². The first-order chi connectivity index (χ1) is 8.15. The fraction of sp³-hybridized carbons (Fsp3) is 0.643. The van der Waals surface area contributed by atoms with E-state index in [1.54, 1.807) is 0 Å². The number of hydrogen-bond donors (Lipinski definition) is 1. The molecule has 0 aliphatic carbocycles. The average molecular weight is 236 g/mol. The molecule has 1 aromatic rings. The van der Waals surface area contributed by atoms with E-state index in [9.17, 15) is 0 Å². The Balaban J connectivity index is 2.57. The second-order valence-electron chi connectivity index (χ2n) is 4.69. The van der Waals surface area contributed by atoms with Gasteiger partial charge in [-0.3, -0.25) is 0 Å². The minimum Gasteiger partial charge on any atom is -0.477 e. The van der Waals surface area contributed by atoms with Crippen LogP contribution in [0.25, 0.3) is 0 Å². The van der Waals surface area contributed by atoms with E-state index in [0.29, 0.717) is 5.92 Å². The smallest absolute Gasteiger partial charge is 0.213 e. The second kappa shape index (κ2) is 7.28. The van der Waals surface area contributed by atoms with Crippen molar-refractivity contribution in [2.24, 2.45) is 5.92 Å². The summed E-state index contributed by atoms with van der Waals surface area (Å²) in [6, 6.07) is 4.10. The Morgan fingerprint density at radius 2 is 2.18 bits per heavy atom. The van der Waals surface area contributed by atoms with Crippen LogP contribution in [0.4, 0.5) is 0 Å². The largest absolute Gasteiger partial charge is 0.477 e. The highest BCUT2D eigenvalue weighted by Gasteiger charge is 2.04. The Kier molecular flexibility index (Phi) is 5.98. The molecule has 17 heavy (non-hydrogen) atoms. The van der Waals surface area contributed by atoms with Gasteiger partial charge in [0.25, 0.3) is 0 Å². The fourth-order valence-electron chi connectivity index (χ4n) is 1.89. The fourth-order valence-corrected chi connectivity index (χ4v) is 1.89. The molecule has 0 bridgehead atoms. The lowest BCUT2D eigenvalue weighted by Crippen LogP contribution is -2.10. The van der Waals surface area contributed by atoms with E-state index >= 15 is 0 Å². The van der Waals surface area contributed by atoms with Gasteiger partial charge in [0, 0.05) is 18.3 Å². The highest BCUT2D eigenvalue weighted by atomic mass is 16.5. The Hall–Kier alpha value is -1.09. The summed E-state index contributed by atoms with van der Waals surface area (Å²) in [6.07, 6.45) is 2.41. The van der Waals surface area contributed by atoms with Gasteiger partial charge in [0.15, 0.2) is 0 Å². The Bertz CT molecular complexity index is 339. The Morgan fingerprint density at radius 3 is 2.82 bits per heavy atom. The van der Waals surface area contributed by atoms with Crippen LogP contribution in [0.5, 0.6) is 5.88 Å². The molecule has 0 fully saturated rings. The van der Waals surface area contributed by atoms with Crippen molar-refractivity contribution in [3.05, 3.63) is 23.4 Å². The average Bonchev–Trinajstić information content (AvgIpc) is 2.26. The lowest BCUT2D eigenvalue weighted by molar-refractivity contribution is 0.242. The maximum atomic E-state index is 5.75. The number of rotatable bonds is 7. The van der Waals surface area contributed by atoms with Gasteiger partial charge in [0.05, 0.1) is 6.61 Å². The van der Waals surface area contributed by atoms with Gasteiger partial charge in [-0.2, -0.15) is 0 Å². The van der Waals surface area contributed by atoms with E-state index in [4.69, 9.17) is 4.74 Å². The zero-order valence-electron chi connectivity index (χ0n) is 11.4. The minimum absolute atomic E-state index is 0.593. The van der Waals surface area contributed by atoms with Gasteiger partial charge >= 0.3 is 0 Å². The van der Waals surface area contributed by atoms with Crippen molar-refractivity contribution in [1.29, 1.82) is 0 Å². The number of aromatic nitrogens is 1. The number of ether oxygens (including phenoxy) is 1. The summed E-state index contributed by atoms with van der Waals surface area (Å²) < 4.78 is 5.75. The summed E-state index contributed by atoms with van der Waals surface area (Å²) in [5, 5.41) is 3.14. The van der Waals surface area contributed by atoms with Gasteiger partial charge in [-0.25, -0.2) is 4.98 Å². The number of aryl methyl sites for hydroxylation is 1. The molecule has 1 unspecified atom stereocenters. The molecule has 0 aliphatic heterocycles. The predicted octanol–water partition coefficient (Wildman–Crippen LogP) is 2.92. The molecule has 1 heterocycles. The molecule has 1 N–H and O–H groups in total. The molecule has 96 valence electrons. The van der Waals surface area contributed by atoms with E-state index in [2.05, 4.69) is 30.2 Å². The van der Waals surface area contributed by atoms with Crippen LogP contribution in [0.15, 0.2) is 12.1 Å². The normalized spacial score (nSPS) is 12.5. The molecule has 0 saturated heterocycles. The van der Waals surface area contributed by atoms with Gasteiger partial charge in [0.2, 0.25) is 5.88 Å². The number of pyridine rings is 1. The van der Waals surface area contributed by atoms with Crippen LogP contribution in [-0.4, -0.2) is 18.6 Å². The zero-order chi connectivity index (χ0) is 12.7. The molecule has 3 nitrogen and oxygen atoms in total. The number of hydrogen-bond acceptors (Lipinski definition) is 3. The van der Waals surface area contributed by atoms with E-state index in [0.717, 1.165) is 24.7 Å². The molecule has 1 atom stereocenters. The van der Waals surface area contributed by atoms with Crippen LogP contribution in [0.2, 0.25) is 0 Å². The van der Waals surface area contributed by atoms with Crippen molar-refractivity contribution >= 4 is 0 Å². The van der Waals surface area contributed by atoms with E-state index in [1.165, 1.54) is 18.4 Å². The highest BCUT2D eigenvalue weighted by Crippen LogP contribution is 2.14. The lowest BCUT2D eigenvalue weighted by Gasteiger charge is -2.12. The van der Waals surface area contributed by atoms with Crippen LogP contribution in [0.3, 0.4) is 0 Å². The summed E-state index contributed by atoms with van der Waals surface area (Å²) in [6.45, 7) is 8.02. The van der Waals surface area contributed by atoms with Crippen molar-refractivity contribution in [3.63, 3.8) is 0 Å². The van der Waals surface area contributed by atoms with Gasteiger partial charge < -0.3 is 10.1 Å². The summed E-state index contributed by atoms with van der Waals surface area (Å²) in [7, 11) is 1.94. The van der Waals surface area contributed by atoms with Crippen LogP contribution < -0.4 is 10.1 Å². The lowest BCUT2D eigenvalue weighted by atomic mass is 10.1. The molecular weight excluding hydrogens is 212 g/mol. The van der Waals surface area contributed by atoms with E-state index in [1.807, 2.05) is 20.0 Å². The third-order valence-electron chi connectivity index (χ3n) is 2.67. The predicted molar refractivity (Wildman–Crippen MR) is 71.3 cm³/mol. The Morgan fingerprint density at radius 1 is 1.41 bits per heavy atom. The highest BCUT2D eigenvalue weighted by molar-refractivity contribution is 5.24. The monoisotopic (exact) mass is 236 g/mol. The standard InChI is InChI=1S/C14H24N2O/c1-5-6-11(2)10-17-14-8-13(9-15-4)7-12(3)16-14/h7-8,11,15H,5-6,9-10H2,1-4H3. The SMILES string of the molecule is CCCC(C)COc1cc(CNC)cc(C)n1. The maximum absolute atomic E-state index is 5.75. The van der Waals surface area contributed by atoms with Gasteiger partial charge in [0.1, 0.15) is 0 Å². The molecular formula is C14H24N2O. The van der Waals surface area contributed by atoms with Gasteiger partial charge in [-0.1, -0.05) is 20.3 Å². The third-order valence-corrected chi connectivity index (χ3v) is 2.67. The van der Waals surface area contributed by atoms with Gasteiger partial charge in [-0.05, 0) is 37.9 Å². The molecule has 1 rings (SSSR count). The number of nitrogens with zero attached hydrogens (tertiary/aromatic N) is 1. The Labute approximate surface area is 105 Å². The zero-order valence-corrected chi connectivity index (χ0v) is 11.4. The molecule has 1 aromatic heterocycles. The first-order valence-electron chi connectivity index (χ1n) is 6.40. The molecule has 0 aromatic carbocycles. The van der Waals surface area contributed by atoms with Crippen molar-refractivity contribution in [2.75, 3.05) is 13.7 Å². The van der Waals surface area contributed by atoms with Crippen LogP contribution >= 0.6 is 0 Å². The quantitative estimate of drug-likeness (QED) is 0.790. The van der Waals surface area contributed by atoms with Crippen molar-refractivity contribution < 1.29 is 4.74 Å². The van der Waals surface area contributed by atoms with Crippen molar-refractivity contribution in [3.8, 4) is 5.88 Å². The summed E-state index contributed by atoms with van der Waals surface area (Å²) in [5.74, 6) is 1.34. The molecule has 0 saturated carbocycles. The van der Waals surface area contributed by atoms with Crippen LogP contribution in [0, 0.1) is 12.8 Å². The topological polar surface area (TPSA) is 34.1 Å². The van der Waals surface area contributed by atoms with Crippen molar-refractivity contribution in [1.82, 2.24) is 10.3 Å². The molecule has 0 amide bonds. The molecule has 0 radical (unpaired) electrons. The first kappa shape index (κ1) is 14.0. The molecule has 3 heteroatoms. The maximum Gasteiger partial charge on any atom is 0.213 e. The van der Waals surface area contributed by atoms with E-state index in [-0.39, 0.29) is 0 Å². The molecule has 0 aliphatic rings. The first-order valence-corrected chi connectivity index (χ1v) is 6.40. The minimum atomic E-state index is 0.593. The van der Waals surface area contributed by atoms with Crippen LogP contribution in [0.1, 0.15) is 37.9 Å². The summed E-state index contributed by atoms with van der Waals surface area (Å²) in [4.78, 5) is 4.40. The van der Waals surface area contributed by atoms with Crippen LogP contribution in [-0.2, 0) is 6.54 Å². The number of nitrogens with one attached hydrogen (secondary N) is 1. The summed E-state index contributed by atoms with van der Waals surface area (Å²) >= 11 is 0. The summed E-state index contributed by atoms with van der Waals surface area (Å²) in [5.41, 5.74) is 2.23. The third kappa shape index (κ3) is 5.18. The van der Waals surface area contributed by atoms with Crippen molar-refractivity contribution in [2.45, 2.75) is 40.2 Å². The van der Waals surface area contributed by atoms with Gasteiger partial charge in [-0.15, -0.1) is 0 Å². The second-order valence-corrected chi connectivity index (χ2v) is 4.69.